The number of aliphatic hydroxyl groups excluding tert-OH is 1. The molecule has 0 spiro atoms. The zero-order chi connectivity index (χ0) is 13.0. The Hall–Kier alpha value is -0.430. The van der Waals surface area contributed by atoms with Gasteiger partial charge in [-0.15, -0.1) is 6.58 Å². The van der Waals surface area contributed by atoms with Crippen molar-refractivity contribution in [2.24, 2.45) is 0 Å². The van der Waals surface area contributed by atoms with Gasteiger partial charge in [-0.1, -0.05) is 13.0 Å². The molecule has 1 unspecified atom stereocenters. The van der Waals surface area contributed by atoms with E-state index < -0.39 is 15.6 Å². The van der Waals surface area contributed by atoms with E-state index in [0.29, 0.717) is 0 Å². The van der Waals surface area contributed by atoms with Crippen molar-refractivity contribution in [3.63, 3.8) is 0 Å². The van der Waals surface area contributed by atoms with Gasteiger partial charge in [0, 0.05) is 13.2 Å². The molecule has 0 heterocycles. The van der Waals surface area contributed by atoms with Gasteiger partial charge < -0.3 is 9.84 Å². The fourth-order valence-electron chi connectivity index (χ4n) is 0.630. The van der Waals surface area contributed by atoms with Crippen molar-refractivity contribution in [3.05, 3.63) is 12.7 Å². The highest BCUT2D eigenvalue weighted by atomic mass is 32.2. The highest BCUT2D eigenvalue weighted by Crippen LogP contribution is 2.04. The van der Waals surface area contributed by atoms with E-state index in [1.165, 1.54) is 6.08 Å². The van der Waals surface area contributed by atoms with Crippen LogP contribution in [-0.4, -0.2) is 38.8 Å². The van der Waals surface area contributed by atoms with Crippen LogP contribution in [0.25, 0.3) is 0 Å². The molecule has 0 amide bonds. The Bertz CT molecular complexity index is 246. The molecular formula is C10H22O5S. The van der Waals surface area contributed by atoms with Crippen molar-refractivity contribution in [3.8, 4) is 0 Å². The molecule has 5 nitrogen and oxygen atoms in total. The van der Waals surface area contributed by atoms with Crippen LogP contribution in [-0.2, 0) is 19.0 Å². The van der Waals surface area contributed by atoms with Gasteiger partial charge in [0.05, 0.1) is 6.61 Å². The van der Waals surface area contributed by atoms with E-state index in [2.05, 4.69) is 10.8 Å². The fourth-order valence-corrected chi connectivity index (χ4v) is 1.48. The average Bonchev–Trinajstić information content (AvgIpc) is 2.27. The highest BCUT2D eigenvalue weighted by Gasteiger charge is 2.20. The van der Waals surface area contributed by atoms with Crippen LogP contribution in [0.4, 0.5) is 0 Å². The second-order valence-electron chi connectivity index (χ2n) is 2.71. The van der Waals surface area contributed by atoms with Gasteiger partial charge in [0.25, 0.3) is 10.1 Å². The molecule has 0 aliphatic carbocycles. The first-order chi connectivity index (χ1) is 7.46. The van der Waals surface area contributed by atoms with Crippen LogP contribution in [0, 0.1) is 0 Å². The van der Waals surface area contributed by atoms with E-state index in [1.54, 1.807) is 6.92 Å². The van der Waals surface area contributed by atoms with Crippen LogP contribution in [0.1, 0.15) is 27.2 Å². The summed E-state index contributed by atoms with van der Waals surface area (Å²) in [6.07, 6.45) is 1.43. The molecule has 0 aliphatic heterocycles. The van der Waals surface area contributed by atoms with E-state index in [9.17, 15) is 8.42 Å². The molecule has 0 saturated carbocycles. The van der Waals surface area contributed by atoms with Gasteiger partial charge in [-0.3, -0.25) is 4.18 Å². The molecule has 0 bridgehead atoms. The second-order valence-corrected chi connectivity index (χ2v) is 4.48. The normalized spacial score (nSPS) is 12.5. The maximum atomic E-state index is 10.8. The van der Waals surface area contributed by atoms with Crippen molar-refractivity contribution < 1.29 is 22.4 Å². The van der Waals surface area contributed by atoms with Crippen LogP contribution in [0.5, 0.6) is 0 Å². The monoisotopic (exact) mass is 254 g/mol. The summed E-state index contributed by atoms with van der Waals surface area (Å²) in [6.45, 7) is 10.4. The van der Waals surface area contributed by atoms with Gasteiger partial charge in [0.15, 0.2) is 5.44 Å². The van der Waals surface area contributed by atoms with E-state index in [1.807, 2.05) is 13.8 Å². The van der Waals surface area contributed by atoms with Crippen LogP contribution >= 0.6 is 0 Å². The summed E-state index contributed by atoms with van der Waals surface area (Å²) in [5.41, 5.74) is -1.43. The second kappa shape index (κ2) is 11.1. The Kier molecular flexibility index (Phi) is 12.4. The summed E-state index contributed by atoms with van der Waals surface area (Å²) in [4.78, 5) is 0. The molecule has 16 heavy (non-hydrogen) atoms. The van der Waals surface area contributed by atoms with Crippen LogP contribution in [0.2, 0.25) is 0 Å². The van der Waals surface area contributed by atoms with Crippen LogP contribution < -0.4 is 0 Å². The van der Waals surface area contributed by atoms with Gasteiger partial charge >= 0.3 is 0 Å². The lowest BCUT2D eigenvalue weighted by Gasteiger charge is -2.07. The standard InChI is InChI=1S/C6H12O4S.C4H10O/c1-3-5-10-11(8,9)6(7)4-2;1-3-5-4-2/h3,6-7H,1,4-5H2,2H3;3-4H2,1-2H3. The maximum absolute atomic E-state index is 10.8. The zero-order valence-electron chi connectivity index (χ0n) is 10.2. The Morgan fingerprint density at radius 3 is 2.06 bits per heavy atom. The molecule has 0 aliphatic rings. The Labute approximate surface area is 98.2 Å². The molecule has 0 aromatic rings. The minimum Gasteiger partial charge on any atom is -0.382 e. The van der Waals surface area contributed by atoms with Gasteiger partial charge in [0.1, 0.15) is 0 Å². The van der Waals surface area contributed by atoms with Crippen molar-refractivity contribution >= 4 is 10.1 Å². The summed E-state index contributed by atoms with van der Waals surface area (Å²) in [5.74, 6) is 0. The average molecular weight is 254 g/mol. The molecule has 1 N–H and O–H groups in total. The number of aliphatic hydroxyl groups is 1. The third kappa shape index (κ3) is 10.1. The topological polar surface area (TPSA) is 72.8 Å². The van der Waals surface area contributed by atoms with Crippen LogP contribution in [0.3, 0.4) is 0 Å². The molecule has 0 aromatic heterocycles. The van der Waals surface area contributed by atoms with Gasteiger partial charge in [-0.05, 0) is 20.3 Å². The smallest absolute Gasteiger partial charge is 0.294 e. The molecule has 1 atom stereocenters. The number of hydrogen-bond donors (Lipinski definition) is 1. The minimum atomic E-state index is -3.79. The fraction of sp³-hybridized carbons (Fsp3) is 0.800. The summed E-state index contributed by atoms with van der Waals surface area (Å²) in [5, 5.41) is 8.87. The predicted octanol–water partition coefficient (Wildman–Crippen LogP) is 1.29. The molecule has 0 saturated heterocycles. The Morgan fingerprint density at radius 1 is 1.31 bits per heavy atom. The number of hydrogen-bond acceptors (Lipinski definition) is 5. The van der Waals surface area contributed by atoms with Crippen molar-refractivity contribution in [2.45, 2.75) is 32.6 Å². The summed E-state index contributed by atoms with van der Waals surface area (Å²) >= 11 is 0. The van der Waals surface area contributed by atoms with Crippen molar-refractivity contribution in [1.29, 1.82) is 0 Å². The van der Waals surface area contributed by atoms with Crippen molar-refractivity contribution in [2.75, 3.05) is 19.8 Å². The van der Waals surface area contributed by atoms with Gasteiger partial charge in [-0.2, -0.15) is 8.42 Å². The number of ether oxygens (including phenoxy) is 1. The zero-order valence-corrected chi connectivity index (χ0v) is 11.0. The molecule has 0 rings (SSSR count). The van der Waals surface area contributed by atoms with Crippen molar-refractivity contribution in [1.82, 2.24) is 0 Å². The summed E-state index contributed by atoms with van der Waals surface area (Å²) in [6, 6.07) is 0. The predicted molar refractivity (Wildman–Crippen MR) is 63.5 cm³/mol. The van der Waals surface area contributed by atoms with E-state index in [-0.39, 0.29) is 13.0 Å². The number of rotatable bonds is 7. The van der Waals surface area contributed by atoms with Gasteiger partial charge in [-0.25, -0.2) is 0 Å². The molecule has 0 fully saturated rings. The molecular weight excluding hydrogens is 232 g/mol. The first-order valence-electron chi connectivity index (χ1n) is 5.21. The first kappa shape index (κ1) is 17.9. The third-order valence-corrected chi connectivity index (χ3v) is 2.91. The summed E-state index contributed by atoms with van der Waals surface area (Å²) in [7, 11) is -3.79. The van der Waals surface area contributed by atoms with E-state index >= 15 is 0 Å². The quantitative estimate of drug-likeness (QED) is 0.547. The largest absolute Gasteiger partial charge is 0.382 e. The molecule has 0 aromatic carbocycles. The Morgan fingerprint density at radius 2 is 1.81 bits per heavy atom. The lowest BCUT2D eigenvalue weighted by Crippen LogP contribution is -2.22. The van der Waals surface area contributed by atoms with Gasteiger partial charge in [0.2, 0.25) is 0 Å². The highest BCUT2D eigenvalue weighted by molar-refractivity contribution is 7.87. The SMILES string of the molecule is C=CCOS(=O)(=O)C(O)CC.CCOCC. The maximum Gasteiger partial charge on any atom is 0.294 e. The minimum absolute atomic E-state index is 0.0978. The first-order valence-corrected chi connectivity index (χ1v) is 6.68. The lowest BCUT2D eigenvalue weighted by molar-refractivity contribution is 0.162. The lowest BCUT2D eigenvalue weighted by atomic mass is 10.5. The summed E-state index contributed by atoms with van der Waals surface area (Å²) < 4.78 is 30.8. The van der Waals surface area contributed by atoms with Crippen LogP contribution in [0.15, 0.2) is 12.7 Å². The van der Waals surface area contributed by atoms with E-state index in [0.717, 1.165) is 13.2 Å². The molecule has 98 valence electrons. The van der Waals surface area contributed by atoms with E-state index in [4.69, 9.17) is 9.84 Å². The molecule has 0 radical (unpaired) electrons. The third-order valence-electron chi connectivity index (χ3n) is 1.44. The molecule has 6 heteroatoms. The Balaban J connectivity index is 0.